The molecule has 1 saturated heterocycles. The van der Waals surface area contributed by atoms with Crippen molar-refractivity contribution in [3.63, 3.8) is 0 Å². The summed E-state index contributed by atoms with van der Waals surface area (Å²) in [6, 6.07) is 13.3. The molecule has 2 aromatic carbocycles. The van der Waals surface area contributed by atoms with Gasteiger partial charge in [0.05, 0.1) is 15.6 Å². The summed E-state index contributed by atoms with van der Waals surface area (Å²) in [6.45, 7) is 3.19. The fourth-order valence-electron chi connectivity index (χ4n) is 3.65. The van der Waals surface area contributed by atoms with Gasteiger partial charge in [-0.25, -0.2) is 13.4 Å². The number of anilines is 1. The summed E-state index contributed by atoms with van der Waals surface area (Å²) in [6.07, 6.45) is 3.76. The van der Waals surface area contributed by atoms with Gasteiger partial charge in [0.2, 0.25) is 0 Å². The largest absolute Gasteiger partial charge is 0.338 e. The lowest BCUT2D eigenvalue weighted by molar-refractivity contribution is 0.0707. The minimum Gasteiger partial charge on any atom is -0.338 e. The summed E-state index contributed by atoms with van der Waals surface area (Å²) < 4.78 is 28.0. The number of benzene rings is 2. The van der Waals surface area contributed by atoms with Gasteiger partial charge in [-0.3, -0.25) is 9.52 Å². The highest BCUT2D eigenvalue weighted by atomic mass is 32.2. The smallest absolute Gasteiger partial charge is 0.261 e. The minimum atomic E-state index is -3.72. The standard InChI is InChI=1S/C22H23N3O3S2/c1-16-5-2-3-7-20(16)24-30(27,28)19-10-8-17(9-11-19)22(26)25-13-4-6-18(15-25)21-23-12-14-29-21/h2-3,5,7-12,14,18,24H,4,6,13,15H2,1H3. The maximum atomic E-state index is 13.0. The molecule has 0 spiro atoms. The lowest BCUT2D eigenvalue weighted by Crippen LogP contribution is -2.39. The number of hydrogen-bond acceptors (Lipinski definition) is 5. The van der Waals surface area contributed by atoms with E-state index in [9.17, 15) is 13.2 Å². The molecule has 1 aromatic heterocycles. The maximum absolute atomic E-state index is 13.0. The number of likely N-dealkylation sites (tertiary alicyclic amines) is 1. The molecule has 156 valence electrons. The number of nitrogens with zero attached hydrogens (tertiary/aromatic N) is 2. The number of rotatable bonds is 5. The van der Waals surface area contributed by atoms with Crippen molar-refractivity contribution in [2.45, 2.75) is 30.6 Å². The van der Waals surface area contributed by atoms with E-state index in [1.807, 2.05) is 29.3 Å². The van der Waals surface area contributed by atoms with Crippen LogP contribution in [0.25, 0.3) is 0 Å². The first-order chi connectivity index (χ1) is 14.4. The van der Waals surface area contributed by atoms with Gasteiger partial charge in [0.15, 0.2) is 0 Å². The maximum Gasteiger partial charge on any atom is 0.261 e. The number of para-hydroxylation sites is 1. The van der Waals surface area contributed by atoms with E-state index in [0.29, 0.717) is 24.3 Å². The second-order valence-electron chi connectivity index (χ2n) is 7.41. The van der Waals surface area contributed by atoms with Crippen molar-refractivity contribution in [1.29, 1.82) is 0 Å². The van der Waals surface area contributed by atoms with Crippen LogP contribution in [0.3, 0.4) is 0 Å². The summed E-state index contributed by atoms with van der Waals surface area (Å²) in [5.74, 6) is 0.188. The van der Waals surface area contributed by atoms with Crippen LogP contribution in [0.2, 0.25) is 0 Å². The van der Waals surface area contributed by atoms with Gasteiger partial charge >= 0.3 is 0 Å². The molecule has 1 N–H and O–H groups in total. The number of aryl methyl sites for hydroxylation is 1. The molecular formula is C22H23N3O3S2. The monoisotopic (exact) mass is 441 g/mol. The molecule has 1 atom stereocenters. The van der Waals surface area contributed by atoms with Crippen molar-refractivity contribution in [3.05, 3.63) is 76.2 Å². The molecule has 1 aliphatic heterocycles. The van der Waals surface area contributed by atoms with Crippen molar-refractivity contribution in [2.75, 3.05) is 17.8 Å². The van der Waals surface area contributed by atoms with Crippen molar-refractivity contribution in [2.24, 2.45) is 0 Å². The molecule has 8 heteroatoms. The number of carbonyl (C=O) groups excluding carboxylic acids is 1. The first kappa shape index (κ1) is 20.6. The summed E-state index contributed by atoms with van der Waals surface area (Å²) in [4.78, 5) is 19.3. The van der Waals surface area contributed by atoms with E-state index in [0.717, 1.165) is 23.4 Å². The van der Waals surface area contributed by atoms with Gasteiger partial charge in [0.1, 0.15) is 0 Å². The zero-order valence-corrected chi connectivity index (χ0v) is 18.2. The van der Waals surface area contributed by atoms with Gasteiger partial charge in [-0.2, -0.15) is 0 Å². The predicted octanol–water partition coefficient (Wildman–Crippen LogP) is 4.27. The van der Waals surface area contributed by atoms with E-state index in [1.165, 1.54) is 12.1 Å². The Hall–Kier alpha value is -2.71. The van der Waals surface area contributed by atoms with Gasteiger partial charge < -0.3 is 4.90 Å². The normalized spacial score (nSPS) is 17.0. The third-order valence-corrected chi connectivity index (χ3v) is 7.63. The Kier molecular flexibility index (Phi) is 5.87. The topological polar surface area (TPSA) is 79.4 Å². The van der Waals surface area contributed by atoms with Crippen LogP contribution in [0.4, 0.5) is 5.69 Å². The molecule has 3 aromatic rings. The average molecular weight is 442 g/mol. The van der Waals surface area contributed by atoms with E-state index in [-0.39, 0.29) is 16.7 Å². The molecular weight excluding hydrogens is 418 g/mol. The summed E-state index contributed by atoms with van der Waals surface area (Å²) >= 11 is 1.62. The van der Waals surface area contributed by atoms with Crippen LogP contribution in [0.15, 0.2) is 65.0 Å². The molecule has 30 heavy (non-hydrogen) atoms. The number of sulfonamides is 1. The molecule has 1 fully saturated rings. The van der Waals surface area contributed by atoms with Crippen molar-refractivity contribution in [3.8, 4) is 0 Å². The third kappa shape index (κ3) is 4.39. The van der Waals surface area contributed by atoms with E-state index in [4.69, 9.17) is 0 Å². The van der Waals surface area contributed by atoms with Crippen LogP contribution >= 0.6 is 11.3 Å². The molecule has 0 saturated carbocycles. The fourth-order valence-corrected chi connectivity index (χ4v) is 5.55. The van der Waals surface area contributed by atoms with Crippen molar-refractivity contribution in [1.82, 2.24) is 9.88 Å². The Morgan fingerprint density at radius 2 is 1.93 bits per heavy atom. The first-order valence-electron chi connectivity index (χ1n) is 9.81. The molecule has 0 bridgehead atoms. The molecule has 0 radical (unpaired) electrons. The summed E-state index contributed by atoms with van der Waals surface area (Å²) in [7, 11) is -3.72. The number of hydrogen-bond donors (Lipinski definition) is 1. The van der Waals surface area contributed by atoms with Gasteiger partial charge in [-0.1, -0.05) is 18.2 Å². The highest BCUT2D eigenvalue weighted by Gasteiger charge is 2.27. The first-order valence-corrected chi connectivity index (χ1v) is 12.2. The van der Waals surface area contributed by atoms with E-state index >= 15 is 0 Å². The number of nitrogens with one attached hydrogen (secondary N) is 1. The van der Waals surface area contributed by atoms with Gasteiger partial charge in [0.25, 0.3) is 15.9 Å². The van der Waals surface area contributed by atoms with Crippen molar-refractivity contribution >= 4 is 33.0 Å². The molecule has 4 rings (SSSR count). The Balaban J connectivity index is 1.47. The molecule has 1 aliphatic rings. The van der Waals surface area contributed by atoms with Crippen molar-refractivity contribution < 1.29 is 13.2 Å². The zero-order chi connectivity index (χ0) is 21.1. The van der Waals surface area contributed by atoms with E-state index in [2.05, 4.69) is 9.71 Å². The Labute approximate surface area is 180 Å². The lowest BCUT2D eigenvalue weighted by atomic mass is 9.98. The van der Waals surface area contributed by atoms with Crippen LogP contribution in [0.5, 0.6) is 0 Å². The number of carbonyl (C=O) groups is 1. The zero-order valence-electron chi connectivity index (χ0n) is 16.6. The molecule has 0 aliphatic carbocycles. The Morgan fingerprint density at radius 1 is 1.17 bits per heavy atom. The quantitative estimate of drug-likeness (QED) is 0.641. The lowest BCUT2D eigenvalue weighted by Gasteiger charge is -2.32. The second kappa shape index (κ2) is 8.57. The summed E-state index contributed by atoms with van der Waals surface area (Å²) in [5.41, 5.74) is 1.87. The SMILES string of the molecule is Cc1ccccc1NS(=O)(=O)c1ccc(C(=O)N2CCCC(c3nccs3)C2)cc1. The number of aromatic nitrogens is 1. The number of piperidine rings is 1. The van der Waals surface area contributed by atoms with Crippen LogP contribution in [-0.2, 0) is 10.0 Å². The fraction of sp³-hybridized carbons (Fsp3) is 0.273. The number of thiazole rings is 1. The van der Waals surface area contributed by atoms with Gasteiger partial charge in [-0.05, 0) is 55.7 Å². The molecule has 6 nitrogen and oxygen atoms in total. The van der Waals surface area contributed by atoms with Crippen LogP contribution in [-0.4, -0.2) is 37.3 Å². The highest BCUT2D eigenvalue weighted by Crippen LogP contribution is 2.29. The average Bonchev–Trinajstić information content (AvgIpc) is 3.30. The Bertz CT molecular complexity index is 1130. The second-order valence-corrected chi connectivity index (χ2v) is 10.0. The third-order valence-electron chi connectivity index (χ3n) is 5.31. The molecule has 2 heterocycles. The predicted molar refractivity (Wildman–Crippen MR) is 118 cm³/mol. The van der Waals surface area contributed by atoms with Crippen LogP contribution < -0.4 is 4.72 Å². The minimum absolute atomic E-state index is 0.0768. The summed E-state index contributed by atoms with van der Waals surface area (Å²) in [5, 5.41) is 3.02. The van der Waals surface area contributed by atoms with Gasteiger partial charge in [-0.15, -0.1) is 11.3 Å². The number of amides is 1. The van der Waals surface area contributed by atoms with E-state index in [1.54, 1.807) is 41.8 Å². The van der Waals surface area contributed by atoms with Gasteiger partial charge in [0, 0.05) is 36.1 Å². The highest BCUT2D eigenvalue weighted by molar-refractivity contribution is 7.92. The molecule has 1 unspecified atom stereocenters. The van der Waals surface area contributed by atoms with Crippen LogP contribution in [0, 0.1) is 6.92 Å². The van der Waals surface area contributed by atoms with E-state index < -0.39 is 10.0 Å². The Morgan fingerprint density at radius 3 is 2.63 bits per heavy atom. The molecule has 1 amide bonds. The van der Waals surface area contributed by atoms with Crippen LogP contribution in [0.1, 0.15) is 39.7 Å².